The Bertz CT molecular complexity index is 1170. The first-order chi connectivity index (χ1) is 16.5. The quantitative estimate of drug-likeness (QED) is 0.398. The van der Waals surface area contributed by atoms with E-state index in [1.165, 1.54) is 12.1 Å². The van der Waals surface area contributed by atoms with Gasteiger partial charge in [-0.2, -0.15) is 0 Å². The number of nitrogens with one attached hydrogen (secondary N) is 1. The number of para-hydroxylation sites is 1. The van der Waals surface area contributed by atoms with Gasteiger partial charge >= 0.3 is 6.03 Å². The van der Waals surface area contributed by atoms with Crippen molar-refractivity contribution in [3.63, 3.8) is 0 Å². The summed E-state index contributed by atoms with van der Waals surface area (Å²) in [6.45, 7) is 0.637. The molecule has 1 atom stereocenters. The topological polar surface area (TPSA) is 103 Å². The van der Waals surface area contributed by atoms with Gasteiger partial charge in [0, 0.05) is 24.4 Å². The Morgan fingerprint density at radius 2 is 1.74 bits per heavy atom. The number of rotatable bonds is 7. The number of nitrogens with zero attached hydrogens (tertiary/aromatic N) is 2. The molecule has 0 fully saturated rings. The number of non-ortho nitro benzene ring substituents is 1. The molecular weight excluding hydrogens is 438 g/mol. The highest BCUT2D eigenvalue weighted by Crippen LogP contribution is 2.38. The van der Waals surface area contributed by atoms with Crippen molar-refractivity contribution < 1.29 is 23.9 Å². The van der Waals surface area contributed by atoms with Crippen molar-refractivity contribution in [3.8, 4) is 17.2 Å². The van der Waals surface area contributed by atoms with Gasteiger partial charge in [0.15, 0.2) is 11.5 Å². The third-order valence-electron chi connectivity index (χ3n) is 5.74. The van der Waals surface area contributed by atoms with Crippen LogP contribution in [0, 0.1) is 10.1 Å². The molecule has 0 aromatic heterocycles. The lowest BCUT2D eigenvalue weighted by molar-refractivity contribution is -0.384. The number of fused-ring (bicyclic) bond motifs is 1. The zero-order chi connectivity index (χ0) is 24.1. The fourth-order valence-electron chi connectivity index (χ4n) is 4.01. The standard InChI is InChI=1S/C25H25N3O6/c1-32-23-14-17-12-13-27(25(29)26-18-6-4-3-5-7-18)22(21(17)15-24(23)33-2)16-34-20-10-8-19(9-11-20)28(30)31/h3-11,14-15,22H,12-13,16H2,1-2H3,(H,26,29)/t22-/m1/s1. The van der Waals surface area contributed by atoms with Gasteiger partial charge in [-0.05, 0) is 53.9 Å². The smallest absolute Gasteiger partial charge is 0.322 e. The molecule has 1 heterocycles. The zero-order valence-corrected chi connectivity index (χ0v) is 18.9. The number of benzene rings is 3. The molecule has 4 rings (SSSR count). The van der Waals surface area contributed by atoms with E-state index in [9.17, 15) is 14.9 Å². The number of carbonyl (C=O) groups excluding carboxylic acids is 1. The maximum Gasteiger partial charge on any atom is 0.322 e. The third kappa shape index (κ3) is 4.88. The summed E-state index contributed by atoms with van der Waals surface area (Å²) in [5.74, 6) is 1.66. The molecule has 0 spiro atoms. The van der Waals surface area contributed by atoms with E-state index >= 15 is 0 Å². The number of ether oxygens (including phenoxy) is 3. The van der Waals surface area contributed by atoms with E-state index in [4.69, 9.17) is 14.2 Å². The number of hydrogen-bond acceptors (Lipinski definition) is 6. The molecule has 9 nitrogen and oxygen atoms in total. The van der Waals surface area contributed by atoms with Crippen LogP contribution in [0.5, 0.6) is 17.2 Å². The Morgan fingerprint density at radius 3 is 2.38 bits per heavy atom. The third-order valence-corrected chi connectivity index (χ3v) is 5.74. The Kier molecular flexibility index (Phi) is 6.82. The van der Waals surface area contributed by atoms with Gasteiger partial charge < -0.3 is 24.4 Å². The molecule has 1 N–H and O–H groups in total. The molecule has 34 heavy (non-hydrogen) atoms. The second kappa shape index (κ2) is 10.1. The van der Waals surface area contributed by atoms with Gasteiger partial charge in [0.1, 0.15) is 12.4 Å². The Hall–Kier alpha value is -4.27. The first-order valence-electron chi connectivity index (χ1n) is 10.7. The highest BCUT2D eigenvalue weighted by atomic mass is 16.6. The summed E-state index contributed by atoms with van der Waals surface area (Å²) in [5, 5.41) is 13.9. The maximum atomic E-state index is 13.2. The van der Waals surface area contributed by atoms with Crippen molar-refractivity contribution in [3.05, 3.63) is 88.0 Å². The van der Waals surface area contributed by atoms with Crippen LogP contribution < -0.4 is 19.5 Å². The summed E-state index contributed by atoms with van der Waals surface area (Å²) < 4.78 is 16.9. The van der Waals surface area contributed by atoms with E-state index in [-0.39, 0.29) is 18.3 Å². The second-order valence-electron chi connectivity index (χ2n) is 7.72. The van der Waals surface area contributed by atoms with Crippen LogP contribution in [-0.2, 0) is 6.42 Å². The SMILES string of the molecule is COc1cc2c(cc1OC)[C@@H](COc1ccc([N+](=O)[O-])cc1)N(C(=O)Nc1ccccc1)CC2. The minimum Gasteiger partial charge on any atom is -0.493 e. The Morgan fingerprint density at radius 1 is 1.06 bits per heavy atom. The molecule has 0 saturated carbocycles. The second-order valence-corrected chi connectivity index (χ2v) is 7.72. The monoisotopic (exact) mass is 463 g/mol. The molecule has 3 aromatic carbocycles. The average Bonchev–Trinajstić information content (AvgIpc) is 2.87. The molecule has 0 aliphatic carbocycles. The summed E-state index contributed by atoms with van der Waals surface area (Å²) in [5.41, 5.74) is 2.62. The lowest BCUT2D eigenvalue weighted by Crippen LogP contribution is -2.44. The van der Waals surface area contributed by atoms with Crippen molar-refractivity contribution in [2.45, 2.75) is 12.5 Å². The van der Waals surface area contributed by atoms with E-state index in [0.717, 1.165) is 11.1 Å². The Labute approximate surface area is 197 Å². The first kappa shape index (κ1) is 22.9. The predicted octanol–water partition coefficient (Wildman–Crippen LogP) is 4.82. The largest absolute Gasteiger partial charge is 0.493 e. The summed E-state index contributed by atoms with van der Waals surface area (Å²) in [6, 6.07) is 18.3. The molecule has 0 bridgehead atoms. The molecule has 9 heteroatoms. The lowest BCUT2D eigenvalue weighted by atomic mass is 9.92. The maximum absolute atomic E-state index is 13.2. The zero-order valence-electron chi connectivity index (χ0n) is 18.9. The van der Waals surface area contributed by atoms with E-state index in [2.05, 4.69) is 5.32 Å². The number of urea groups is 1. The number of methoxy groups -OCH3 is 2. The van der Waals surface area contributed by atoms with Crippen LogP contribution in [-0.4, -0.2) is 43.2 Å². The number of carbonyl (C=O) groups is 1. The molecule has 176 valence electrons. The van der Waals surface area contributed by atoms with E-state index in [1.54, 1.807) is 31.3 Å². The summed E-state index contributed by atoms with van der Waals surface area (Å²) in [4.78, 5) is 25.4. The van der Waals surface area contributed by atoms with Crippen LogP contribution in [0.4, 0.5) is 16.2 Å². The number of amides is 2. The minimum absolute atomic E-state index is 0.0175. The van der Waals surface area contributed by atoms with Gasteiger partial charge in [0.2, 0.25) is 0 Å². The van der Waals surface area contributed by atoms with Crippen LogP contribution in [0.15, 0.2) is 66.7 Å². The van der Waals surface area contributed by atoms with Gasteiger partial charge in [-0.25, -0.2) is 4.79 Å². The summed E-state index contributed by atoms with van der Waals surface area (Å²) >= 11 is 0. The number of nitro benzene ring substituents is 1. The van der Waals surface area contributed by atoms with E-state index in [1.807, 2.05) is 42.5 Å². The van der Waals surface area contributed by atoms with Gasteiger partial charge in [-0.3, -0.25) is 10.1 Å². The molecule has 1 aliphatic heterocycles. The first-order valence-corrected chi connectivity index (χ1v) is 10.7. The van der Waals surface area contributed by atoms with Crippen LogP contribution in [0.3, 0.4) is 0 Å². The fraction of sp³-hybridized carbons (Fsp3) is 0.240. The van der Waals surface area contributed by atoms with Crippen molar-refractivity contribution in [1.82, 2.24) is 4.90 Å². The number of anilines is 1. The van der Waals surface area contributed by atoms with E-state index in [0.29, 0.717) is 35.9 Å². The number of nitro groups is 1. The van der Waals surface area contributed by atoms with Crippen LogP contribution >= 0.6 is 0 Å². The summed E-state index contributed by atoms with van der Waals surface area (Å²) in [6.07, 6.45) is 0.645. The summed E-state index contributed by atoms with van der Waals surface area (Å²) in [7, 11) is 3.15. The normalized spacial score (nSPS) is 14.6. The molecule has 0 radical (unpaired) electrons. The highest BCUT2D eigenvalue weighted by Gasteiger charge is 2.33. The van der Waals surface area contributed by atoms with Crippen LogP contribution in [0.1, 0.15) is 17.2 Å². The van der Waals surface area contributed by atoms with E-state index < -0.39 is 11.0 Å². The molecule has 2 amide bonds. The van der Waals surface area contributed by atoms with Crippen LogP contribution in [0.25, 0.3) is 0 Å². The van der Waals surface area contributed by atoms with Gasteiger partial charge in [-0.1, -0.05) is 18.2 Å². The van der Waals surface area contributed by atoms with Gasteiger partial charge in [0.25, 0.3) is 5.69 Å². The predicted molar refractivity (Wildman–Crippen MR) is 127 cm³/mol. The minimum atomic E-state index is -0.462. The highest BCUT2D eigenvalue weighted by molar-refractivity contribution is 5.89. The van der Waals surface area contributed by atoms with Crippen LogP contribution in [0.2, 0.25) is 0 Å². The van der Waals surface area contributed by atoms with Crippen molar-refractivity contribution in [2.24, 2.45) is 0 Å². The molecule has 1 aliphatic rings. The molecule has 3 aromatic rings. The molecule has 0 unspecified atom stereocenters. The molecular formula is C25H25N3O6. The van der Waals surface area contributed by atoms with Crippen molar-refractivity contribution in [1.29, 1.82) is 0 Å². The lowest BCUT2D eigenvalue weighted by Gasteiger charge is -2.37. The average molecular weight is 463 g/mol. The van der Waals surface area contributed by atoms with Crippen molar-refractivity contribution in [2.75, 3.05) is 32.7 Å². The Balaban J connectivity index is 1.63. The molecule has 0 saturated heterocycles. The fourth-order valence-corrected chi connectivity index (χ4v) is 4.01. The van der Waals surface area contributed by atoms with Crippen molar-refractivity contribution >= 4 is 17.4 Å². The van der Waals surface area contributed by atoms with Gasteiger partial charge in [-0.15, -0.1) is 0 Å². The number of hydrogen-bond donors (Lipinski definition) is 1. The van der Waals surface area contributed by atoms with Gasteiger partial charge in [0.05, 0.1) is 25.2 Å².